The summed E-state index contributed by atoms with van der Waals surface area (Å²) in [5.41, 5.74) is 40.9. The van der Waals surface area contributed by atoms with Crippen LogP contribution in [0, 0.1) is 0 Å². The first kappa shape index (κ1) is 71.8. The Balaban J connectivity index is 0.951. The highest BCUT2D eigenvalue weighted by Gasteiger charge is 2.47. The van der Waals surface area contributed by atoms with Crippen molar-refractivity contribution in [3.8, 4) is 77.9 Å². The lowest BCUT2D eigenvalue weighted by atomic mass is 9.33. The highest BCUT2D eigenvalue weighted by molar-refractivity contribution is 7.00. The second-order valence-corrected chi connectivity index (χ2v) is 38.1. The van der Waals surface area contributed by atoms with Gasteiger partial charge in [0.25, 0.3) is 6.71 Å². The maximum Gasteiger partial charge on any atom is 0.252 e. The van der Waals surface area contributed by atoms with Gasteiger partial charge in [0.1, 0.15) is 0 Å². The Morgan fingerprint density at radius 2 is 0.609 bits per heavy atom. The number of hydrogen-bond acceptors (Lipinski definition) is 2. The van der Waals surface area contributed by atoms with Crippen molar-refractivity contribution in [2.24, 2.45) is 0 Å². The van der Waals surface area contributed by atoms with Gasteiger partial charge in [0.15, 0.2) is 0 Å². The molecule has 3 nitrogen and oxygen atoms in total. The number of aromatic nitrogens is 1. The molecule has 0 fully saturated rings. The van der Waals surface area contributed by atoms with Crippen LogP contribution in [0.2, 0.25) is 0 Å². The Kier molecular flexibility index (Phi) is 16.3. The summed E-state index contributed by atoms with van der Waals surface area (Å²) in [7, 11) is 0. The molecule has 2 aliphatic heterocycles. The fourth-order valence-electron chi connectivity index (χ4n) is 19.3. The van der Waals surface area contributed by atoms with Crippen molar-refractivity contribution in [1.29, 1.82) is 0 Å². The lowest BCUT2D eigenvalue weighted by Crippen LogP contribution is -2.61. The van der Waals surface area contributed by atoms with Crippen molar-refractivity contribution < 1.29 is 0 Å². The van der Waals surface area contributed by atoms with Crippen LogP contribution in [-0.2, 0) is 27.1 Å². The zero-order chi connectivity index (χ0) is 79.1. The molecule has 0 atom stereocenters. The van der Waals surface area contributed by atoms with Gasteiger partial charge in [-0.15, -0.1) is 0 Å². The molecule has 0 radical (unpaired) electrons. The van der Waals surface area contributed by atoms with E-state index in [2.05, 4.69) is 434 Å². The summed E-state index contributed by atoms with van der Waals surface area (Å²) in [4.78, 5) is 5.53. The van der Waals surface area contributed by atoms with Crippen molar-refractivity contribution in [3.63, 3.8) is 0 Å². The monoisotopic (exact) mass is 1480 g/mol. The zero-order valence-electron chi connectivity index (χ0n) is 69.0. The van der Waals surface area contributed by atoms with E-state index in [-0.39, 0.29) is 39.7 Å². The fraction of sp³-hybridized carbons (Fsp3) is 0.189. The van der Waals surface area contributed by atoms with Gasteiger partial charge >= 0.3 is 0 Å². The summed E-state index contributed by atoms with van der Waals surface area (Å²) >= 11 is 0. The first-order chi connectivity index (χ1) is 55.2. The Morgan fingerprint density at radius 1 is 0.243 bits per heavy atom. The zero-order valence-corrected chi connectivity index (χ0v) is 69.0. The summed E-state index contributed by atoms with van der Waals surface area (Å²) in [6, 6.07) is 123. The molecular weight excluding hydrogens is 1390 g/mol. The van der Waals surface area contributed by atoms with E-state index in [9.17, 15) is 0 Å². The minimum Gasteiger partial charge on any atom is -0.310 e. The second-order valence-electron chi connectivity index (χ2n) is 38.1. The van der Waals surface area contributed by atoms with Crippen LogP contribution in [0.1, 0.15) is 154 Å². The molecule has 0 saturated carbocycles. The van der Waals surface area contributed by atoms with Gasteiger partial charge in [-0.2, -0.15) is 0 Å². The molecule has 15 aromatic carbocycles. The fourth-order valence-corrected chi connectivity index (χ4v) is 19.3. The lowest BCUT2D eigenvalue weighted by molar-refractivity contribution is 0.589. The molecule has 2 aromatic heterocycles. The van der Waals surface area contributed by atoms with E-state index in [0.717, 1.165) is 67.4 Å². The molecule has 115 heavy (non-hydrogen) atoms. The van der Waals surface area contributed by atoms with Crippen molar-refractivity contribution in [2.45, 2.75) is 137 Å². The van der Waals surface area contributed by atoms with E-state index < -0.39 is 0 Å². The van der Waals surface area contributed by atoms with Crippen LogP contribution in [0.4, 0.5) is 34.1 Å². The predicted molar refractivity (Wildman–Crippen MR) is 494 cm³/mol. The molecule has 17 aromatic rings. The quantitative estimate of drug-likeness (QED) is 0.133. The maximum absolute atomic E-state index is 2.78. The van der Waals surface area contributed by atoms with Crippen LogP contribution < -0.4 is 26.2 Å². The normalized spacial score (nSPS) is 13.6. The number of hydrogen-bond donors (Lipinski definition) is 0. The van der Waals surface area contributed by atoms with Crippen molar-refractivity contribution in [3.05, 3.63) is 360 Å². The highest BCUT2D eigenvalue weighted by atomic mass is 15.2. The minimum absolute atomic E-state index is 0.0511. The van der Waals surface area contributed by atoms with Gasteiger partial charge in [0.2, 0.25) is 0 Å². The lowest BCUT2D eigenvalue weighted by Gasteiger charge is -2.46. The number of nitrogens with zero attached hydrogens (tertiary/aromatic N) is 3. The third kappa shape index (κ3) is 11.7. The first-order valence-electron chi connectivity index (χ1n) is 41.4. The standard InChI is InChI=1S/C111H98BN3/c1-107(2,3)77-48-43-68(44-49-77)76-60-100-103-101(61-76)115(106-89(71-35-24-18-25-36-71)66-81(111(13,14)15)67-90(106)72-37-26-19-27-38-72)99-59-75(102-83-52-50-78(108(4,5)6)62-91(83)92-63-79(109(7,8)9)51-53-84(92)102)46-55-95(99)112(103)94-54-45-74(73-47-56-97-93(57-73)86-41-30-40-85-82-39-28-29-42-96(82)113(97)104(85)86)58-98(94)114(100)105-87(69-31-20-16-21-32-69)64-80(110(10,11)12)65-88(105)70-33-22-17-23-34-70/h16-67,102H,1-15H3. The van der Waals surface area contributed by atoms with Crippen LogP contribution in [0.5, 0.6) is 0 Å². The average Bonchev–Trinajstić information content (AvgIpc) is 1.54. The van der Waals surface area contributed by atoms with Gasteiger partial charge in [0, 0.05) is 72.5 Å². The maximum atomic E-state index is 2.78. The number of anilines is 6. The van der Waals surface area contributed by atoms with Gasteiger partial charge < -0.3 is 14.2 Å². The molecule has 3 aliphatic rings. The van der Waals surface area contributed by atoms with Crippen LogP contribution in [0.25, 0.3) is 116 Å². The molecule has 1 aliphatic carbocycles. The molecule has 4 heterocycles. The largest absolute Gasteiger partial charge is 0.310 e. The van der Waals surface area contributed by atoms with Gasteiger partial charge in [0.05, 0.1) is 27.9 Å². The van der Waals surface area contributed by atoms with E-state index in [4.69, 9.17) is 0 Å². The molecule has 0 unspecified atom stereocenters. The smallest absolute Gasteiger partial charge is 0.252 e. The van der Waals surface area contributed by atoms with E-state index in [1.165, 1.54) is 144 Å². The Labute approximate surface area is 679 Å². The molecular formula is C111H98BN3. The first-order valence-corrected chi connectivity index (χ1v) is 41.4. The molecule has 0 N–H and O–H groups in total. The van der Waals surface area contributed by atoms with Crippen molar-refractivity contribution >= 4 is 95.3 Å². The Hall–Kier alpha value is -12.2. The van der Waals surface area contributed by atoms with Crippen LogP contribution in [0.15, 0.2) is 315 Å². The second kappa shape index (κ2) is 26.2. The van der Waals surface area contributed by atoms with Crippen LogP contribution >= 0.6 is 0 Å². The summed E-state index contributed by atoms with van der Waals surface area (Å²) < 4.78 is 2.50. The van der Waals surface area contributed by atoms with E-state index in [1.807, 2.05) is 0 Å². The van der Waals surface area contributed by atoms with Gasteiger partial charge in [-0.3, -0.25) is 0 Å². The average molecular weight is 1480 g/mol. The van der Waals surface area contributed by atoms with E-state index >= 15 is 0 Å². The molecule has 0 saturated heterocycles. The van der Waals surface area contributed by atoms with E-state index in [0.29, 0.717) is 0 Å². The predicted octanol–water partition coefficient (Wildman–Crippen LogP) is 28.6. The Morgan fingerprint density at radius 3 is 1.08 bits per heavy atom. The Bertz CT molecular complexity index is 6580. The number of rotatable bonds is 9. The summed E-state index contributed by atoms with van der Waals surface area (Å²) in [5.74, 6) is -0.0578. The molecule has 560 valence electrons. The topological polar surface area (TPSA) is 10.9 Å². The van der Waals surface area contributed by atoms with Crippen LogP contribution in [-0.4, -0.2) is 11.1 Å². The summed E-state index contributed by atoms with van der Waals surface area (Å²) in [6.07, 6.45) is 0. The number of benzene rings is 15. The summed E-state index contributed by atoms with van der Waals surface area (Å²) in [6.45, 7) is 35.1. The number of para-hydroxylation sites is 2. The third-order valence-corrected chi connectivity index (χ3v) is 25.6. The molecule has 0 bridgehead atoms. The molecule has 0 spiro atoms. The molecule has 4 heteroatoms. The van der Waals surface area contributed by atoms with Gasteiger partial charge in [-0.25, -0.2) is 0 Å². The highest BCUT2D eigenvalue weighted by Crippen LogP contribution is 2.58. The van der Waals surface area contributed by atoms with Crippen molar-refractivity contribution in [1.82, 2.24) is 4.40 Å². The van der Waals surface area contributed by atoms with Crippen LogP contribution in [0.3, 0.4) is 0 Å². The number of fused-ring (bicyclic) bond motifs is 13. The van der Waals surface area contributed by atoms with Crippen molar-refractivity contribution in [2.75, 3.05) is 9.80 Å². The SMILES string of the molecule is CC(C)(C)c1ccc(-c2cc3c4c(c2)N(c2c(-c5ccccc5)cc(C(C)(C)C)cc2-c2ccccc2)c2cc(C5c6ccc(C(C)(C)C)cc6-c6cc(C(C)(C)C)ccc65)ccc2B4c2ccc(-c4ccc5c(c4)c4cccc6c7ccccc7n5c64)cc2N3c2c(-c3ccccc3)cc(C(C)(C)C)cc2-c2ccccc2)cc1. The summed E-state index contributed by atoms with van der Waals surface area (Å²) in [5, 5.41) is 5.09. The third-order valence-electron chi connectivity index (χ3n) is 25.6. The molecule has 20 rings (SSSR count). The van der Waals surface area contributed by atoms with Gasteiger partial charge in [-0.05, 0) is 210 Å². The molecule has 0 amide bonds. The van der Waals surface area contributed by atoms with E-state index in [1.54, 1.807) is 0 Å². The minimum atomic E-state index is -0.255. The van der Waals surface area contributed by atoms with Gasteiger partial charge in [-0.1, -0.05) is 353 Å².